The highest BCUT2D eigenvalue weighted by molar-refractivity contribution is 5.84. The maximum Gasteiger partial charge on any atom is 0.411 e. The second kappa shape index (κ2) is 6.47. The minimum atomic E-state index is -0.549. The first-order chi connectivity index (χ1) is 8.13. The maximum absolute atomic E-state index is 11.2. The van der Waals surface area contributed by atoms with Crippen molar-refractivity contribution in [3.63, 3.8) is 0 Å². The lowest BCUT2D eigenvalue weighted by Gasteiger charge is -2.05. The van der Waals surface area contributed by atoms with Crippen molar-refractivity contribution in [2.45, 2.75) is 19.8 Å². The van der Waals surface area contributed by atoms with Crippen LogP contribution in [-0.4, -0.2) is 17.6 Å². The minimum Gasteiger partial charge on any atom is -0.449 e. The van der Waals surface area contributed by atoms with Gasteiger partial charge >= 0.3 is 6.09 Å². The minimum absolute atomic E-state index is 0.0186. The van der Waals surface area contributed by atoms with E-state index in [1.165, 1.54) is 24.3 Å². The van der Waals surface area contributed by atoms with E-state index in [-0.39, 0.29) is 5.69 Å². The number of hydrogen-bond donors (Lipinski definition) is 1. The molecule has 17 heavy (non-hydrogen) atoms. The van der Waals surface area contributed by atoms with Crippen LogP contribution in [-0.2, 0) is 4.74 Å². The summed E-state index contributed by atoms with van der Waals surface area (Å²) in [4.78, 5) is 21.1. The van der Waals surface area contributed by atoms with Gasteiger partial charge in [0.25, 0.3) is 5.69 Å². The van der Waals surface area contributed by atoms with Crippen LogP contribution in [0.5, 0.6) is 0 Å². The molecule has 0 radical (unpaired) electrons. The van der Waals surface area contributed by atoms with Crippen LogP contribution < -0.4 is 5.32 Å². The summed E-state index contributed by atoms with van der Waals surface area (Å²) in [6.45, 7) is 2.37. The standard InChI is InChI=1S/C11H14N2O4/c1-2-3-8-17-11(14)12-9-4-6-10(7-5-9)13(15)16/h4-7H,2-3,8H2,1H3,(H,12,14). The van der Waals surface area contributed by atoms with Gasteiger partial charge in [-0.05, 0) is 18.6 Å². The third-order valence-electron chi connectivity index (χ3n) is 2.06. The van der Waals surface area contributed by atoms with Gasteiger partial charge in [-0.3, -0.25) is 15.4 Å². The van der Waals surface area contributed by atoms with E-state index in [0.29, 0.717) is 12.3 Å². The molecule has 1 rings (SSSR count). The first-order valence-electron chi connectivity index (χ1n) is 5.31. The maximum atomic E-state index is 11.2. The number of nitrogens with one attached hydrogen (secondary N) is 1. The monoisotopic (exact) mass is 238 g/mol. The molecule has 1 N–H and O–H groups in total. The van der Waals surface area contributed by atoms with Crippen molar-refractivity contribution in [2.75, 3.05) is 11.9 Å². The molecule has 0 fully saturated rings. The smallest absolute Gasteiger partial charge is 0.411 e. The Morgan fingerprint density at radius 1 is 1.41 bits per heavy atom. The molecule has 0 atom stereocenters. The molecule has 92 valence electrons. The fourth-order valence-electron chi connectivity index (χ4n) is 1.13. The molecule has 0 saturated carbocycles. The number of amides is 1. The van der Waals surface area contributed by atoms with Crippen LogP contribution >= 0.6 is 0 Å². The Morgan fingerprint density at radius 2 is 2.06 bits per heavy atom. The zero-order chi connectivity index (χ0) is 12.7. The zero-order valence-corrected chi connectivity index (χ0v) is 9.51. The molecule has 0 aromatic heterocycles. The highest BCUT2D eigenvalue weighted by Gasteiger charge is 2.06. The number of unbranched alkanes of at least 4 members (excludes halogenated alkanes) is 1. The second-order valence-corrected chi connectivity index (χ2v) is 3.42. The number of hydrogen-bond acceptors (Lipinski definition) is 4. The van der Waals surface area contributed by atoms with Crippen molar-refractivity contribution < 1.29 is 14.5 Å². The van der Waals surface area contributed by atoms with Crippen molar-refractivity contribution in [1.82, 2.24) is 0 Å². The van der Waals surface area contributed by atoms with Crippen molar-refractivity contribution in [3.8, 4) is 0 Å². The van der Waals surface area contributed by atoms with Gasteiger partial charge in [0, 0.05) is 17.8 Å². The average Bonchev–Trinajstić information content (AvgIpc) is 2.30. The van der Waals surface area contributed by atoms with Gasteiger partial charge in [0.2, 0.25) is 0 Å². The fourth-order valence-corrected chi connectivity index (χ4v) is 1.13. The number of benzene rings is 1. The van der Waals surface area contributed by atoms with Crippen molar-refractivity contribution >= 4 is 17.5 Å². The van der Waals surface area contributed by atoms with E-state index in [4.69, 9.17) is 4.74 Å². The summed E-state index contributed by atoms with van der Waals surface area (Å²) in [5, 5.41) is 12.9. The molecule has 0 unspecified atom stereocenters. The molecular formula is C11H14N2O4. The second-order valence-electron chi connectivity index (χ2n) is 3.42. The molecule has 1 aromatic carbocycles. The summed E-state index contributed by atoms with van der Waals surface area (Å²) in [5.41, 5.74) is 0.451. The highest BCUT2D eigenvalue weighted by Crippen LogP contribution is 2.15. The molecule has 0 aliphatic carbocycles. The Balaban J connectivity index is 2.46. The van der Waals surface area contributed by atoms with E-state index in [2.05, 4.69) is 5.32 Å². The summed E-state index contributed by atoms with van der Waals surface area (Å²) >= 11 is 0. The van der Waals surface area contributed by atoms with E-state index in [1.54, 1.807) is 0 Å². The van der Waals surface area contributed by atoms with Crippen LogP contribution in [0, 0.1) is 10.1 Å². The predicted molar refractivity (Wildman–Crippen MR) is 63.0 cm³/mol. The summed E-state index contributed by atoms with van der Waals surface area (Å²) in [7, 11) is 0. The molecule has 6 nitrogen and oxygen atoms in total. The van der Waals surface area contributed by atoms with Gasteiger partial charge in [-0.2, -0.15) is 0 Å². The summed E-state index contributed by atoms with van der Waals surface area (Å²) < 4.78 is 4.88. The van der Waals surface area contributed by atoms with Crippen LogP contribution in [0.3, 0.4) is 0 Å². The number of rotatable bonds is 5. The molecule has 0 aliphatic rings. The lowest BCUT2D eigenvalue weighted by atomic mass is 10.3. The van der Waals surface area contributed by atoms with Gasteiger partial charge in [-0.15, -0.1) is 0 Å². The van der Waals surface area contributed by atoms with E-state index in [1.807, 2.05) is 6.92 Å². The molecular weight excluding hydrogens is 224 g/mol. The normalized spacial score (nSPS) is 9.71. The Hall–Kier alpha value is -2.11. The molecule has 0 spiro atoms. The van der Waals surface area contributed by atoms with Crippen LogP contribution in [0.1, 0.15) is 19.8 Å². The molecule has 1 amide bonds. The van der Waals surface area contributed by atoms with Crippen LogP contribution in [0.2, 0.25) is 0 Å². The van der Waals surface area contributed by atoms with Gasteiger partial charge in [0.15, 0.2) is 0 Å². The number of carbonyl (C=O) groups excluding carboxylic acids is 1. The quantitative estimate of drug-likeness (QED) is 0.485. The largest absolute Gasteiger partial charge is 0.449 e. The molecule has 0 saturated heterocycles. The van der Waals surface area contributed by atoms with Crippen LogP contribution in [0.25, 0.3) is 0 Å². The number of anilines is 1. The van der Waals surface area contributed by atoms with Gasteiger partial charge < -0.3 is 4.74 Å². The number of carbonyl (C=O) groups is 1. The predicted octanol–water partition coefficient (Wildman–Crippen LogP) is 2.94. The number of ether oxygens (including phenoxy) is 1. The van der Waals surface area contributed by atoms with Crippen molar-refractivity contribution in [3.05, 3.63) is 34.4 Å². The molecule has 0 heterocycles. The van der Waals surface area contributed by atoms with Crippen LogP contribution in [0.15, 0.2) is 24.3 Å². The summed E-state index contributed by atoms with van der Waals surface area (Å²) in [5.74, 6) is 0. The molecule has 6 heteroatoms. The fraction of sp³-hybridized carbons (Fsp3) is 0.364. The van der Waals surface area contributed by atoms with Gasteiger partial charge in [0.1, 0.15) is 0 Å². The topological polar surface area (TPSA) is 81.5 Å². The third kappa shape index (κ3) is 4.50. The van der Waals surface area contributed by atoms with Crippen molar-refractivity contribution in [2.24, 2.45) is 0 Å². The Kier molecular flexibility index (Phi) is 4.93. The lowest BCUT2D eigenvalue weighted by molar-refractivity contribution is -0.384. The molecule has 0 bridgehead atoms. The van der Waals surface area contributed by atoms with E-state index >= 15 is 0 Å². The number of nitrogens with zero attached hydrogens (tertiary/aromatic N) is 1. The van der Waals surface area contributed by atoms with Crippen molar-refractivity contribution in [1.29, 1.82) is 0 Å². The number of non-ortho nitro benzene ring substituents is 1. The van der Waals surface area contributed by atoms with Gasteiger partial charge in [0.05, 0.1) is 11.5 Å². The van der Waals surface area contributed by atoms with Gasteiger partial charge in [-0.1, -0.05) is 13.3 Å². The van der Waals surface area contributed by atoms with E-state index in [9.17, 15) is 14.9 Å². The van der Waals surface area contributed by atoms with E-state index < -0.39 is 11.0 Å². The van der Waals surface area contributed by atoms with E-state index in [0.717, 1.165) is 12.8 Å². The average molecular weight is 238 g/mol. The summed E-state index contributed by atoms with van der Waals surface area (Å²) in [6, 6.07) is 5.56. The van der Waals surface area contributed by atoms with Gasteiger partial charge in [-0.25, -0.2) is 4.79 Å². The zero-order valence-electron chi connectivity index (χ0n) is 9.51. The third-order valence-corrected chi connectivity index (χ3v) is 2.06. The first kappa shape index (κ1) is 13.0. The van der Waals surface area contributed by atoms with Crippen LogP contribution in [0.4, 0.5) is 16.2 Å². The first-order valence-corrected chi connectivity index (χ1v) is 5.31. The number of nitro groups is 1. The molecule has 1 aromatic rings. The molecule has 0 aliphatic heterocycles. The number of nitro benzene ring substituents is 1. The SMILES string of the molecule is CCCCOC(=O)Nc1ccc([N+](=O)[O-])cc1. The Morgan fingerprint density at radius 3 is 2.59 bits per heavy atom. The highest BCUT2D eigenvalue weighted by atomic mass is 16.6. The Labute approximate surface area is 98.7 Å². The lowest BCUT2D eigenvalue weighted by Crippen LogP contribution is -2.14. The Bertz CT molecular complexity index is 389. The summed E-state index contributed by atoms with van der Waals surface area (Å²) in [6.07, 6.45) is 1.21.